The van der Waals surface area contributed by atoms with Crippen molar-refractivity contribution in [2.75, 3.05) is 19.1 Å². The lowest BCUT2D eigenvalue weighted by molar-refractivity contribution is 0.522. The van der Waals surface area contributed by atoms with Gasteiger partial charge in [0.05, 0.1) is 12.5 Å². The minimum absolute atomic E-state index is 0.225. The maximum Gasteiger partial charge on any atom is 0.224 e. The van der Waals surface area contributed by atoms with Gasteiger partial charge in [-0.05, 0) is 0 Å². The van der Waals surface area contributed by atoms with Gasteiger partial charge in [-0.15, -0.1) is 6.58 Å². The van der Waals surface area contributed by atoms with Gasteiger partial charge in [0.2, 0.25) is 20.0 Å². The standard InChI is InChI=1S/C5H11NO4S2/c1-4-5-6(11(2,7)8)12(3,9)10/h4H,1,5H2,2-3H3. The van der Waals surface area contributed by atoms with E-state index in [1.807, 2.05) is 0 Å². The monoisotopic (exact) mass is 213 g/mol. The fourth-order valence-electron chi connectivity index (χ4n) is 0.622. The summed E-state index contributed by atoms with van der Waals surface area (Å²) in [5.74, 6) is 0. The van der Waals surface area contributed by atoms with E-state index in [1.54, 1.807) is 0 Å². The van der Waals surface area contributed by atoms with E-state index in [0.29, 0.717) is 3.71 Å². The number of hydrogen-bond acceptors (Lipinski definition) is 4. The van der Waals surface area contributed by atoms with Crippen molar-refractivity contribution in [3.63, 3.8) is 0 Å². The van der Waals surface area contributed by atoms with Gasteiger partial charge in [0.25, 0.3) is 0 Å². The molecule has 0 aromatic carbocycles. The third-order valence-corrected chi connectivity index (χ3v) is 4.42. The predicted molar refractivity (Wildman–Crippen MR) is 46.6 cm³/mol. The van der Waals surface area contributed by atoms with Crippen LogP contribution in [0.2, 0.25) is 0 Å². The average Bonchev–Trinajstić information content (AvgIpc) is 1.77. The molecule has 0 heterocycles. The molecule has 0 aliphatic carbocycles. The molecule has 0 rings (SSSR count). The summed E-state index contributed by atoms with van der Waals surface area (Å²) in [6, 6.07) is 0. The number of nitrogens with zero attached hydrogens (tertiary/aromatic N) is 1. The van der Waals surface area contributed by atoms with Crippen molar-refractivity contribution in [2.45, 2.75) is 0 Å². The lowest BCUT2D eigenvalue weighted by atomic mass is 10.7. The molecule has 0 unspecified atom stereocenters. The maximum absolute atomic E-state index is 10.9. The number of rotatable bonds is 4. The highest BCUT2D eigenvalue weighted by Crippen LogP contribution is 2.03. The highest BCUT2D eigenvalue weighted by Gasteiger charge is 2.24. The first-order valence-corrected chi connectivity index (χ1v) is 6.68. The van der Waals surface area contributed by atoms with Crippen LogP contribution in [0.3, 0.4) is 0 Å². The quantitative estimate of drug-likeness (QED) is 0.584. The van der Waals surface area contributed by atoms with Gasteiger partial charge in [-0.2, -0.15) is 0 Å². The van der Waals surface area contributed by atoms with Gasteiger partial charge in [-0.1, -0.05) is 9.79 Å². The van der Waals surface area contributed by atoms with E-state index in [1.165, 1.54) is 6.08 Å². The van der Waals surface area contributed by atoms with Crippen molar-refractivity contribution in [1.29, 1.82) is 0 Å². The van der Waals surface area contributed by atoms with Crippen LogP contribution in [0.1, 0.15) is 0 Å². The Balaban J connectivity index is 5.09. The third-order valence-electron chi connectivity index (χ3n) is 1.02. The Kier molecular flexibility index (Phi) is 3.43. The molecule has 0 bridgehead atoms. The van der Waals surface area contributed by atoms with Crippen LogP contribution >= 0.6 is 0 Å². The fraction of sp³-hybridized carbons (Fsp3) is 0.600. The van der Waals surface area contributed by atoms with Gasteiger partial charge < -0.3 is 0 Å². The van der Waals surface area contributed by atoms with Crippen LogP contribution < -0.4 is 0 Å². The van der Waals surface area contributed by atoms with E-state index in [2.05, 4.69) is 6.58 Å². The topological polar surface area (TPSA) is 71.5 Å². The van der Waals surface area contributed by atoms with Crippen molar-refractivity contribution in [3.8, 4) is 0 Å². The molecular weight excluding hydrogens is 202 g/mol. The van der Waals surface area contributed by atoms with Gasteiger partial charge in [0.15, 0.2) is 0 Å². The Morgan fingerprint density at radius 2 is 1.50 bits per heavy atom. The van der Waals surface area contributed by atoms with Crippen LogP contribution in [0.25, 0.3) is 0 Å². The molecule has 5 nitrogen and oxygen atoms in total. The minimum Gasteiger partial charge on any atom is -0.212 e. The van der Waals surface area contributed by atoms with Crippen molar-refractivity contribution in [2.24, 2.45) is 0 Å². The smallest absolute Gasteiger partial charge is 0.212 e. The zero-order chi connectivity index (χ0) is 9.99. The first-order chi connectivity index (χ1) is 5.19. The summed E-state index contributed by atoms with van der Waals surface area (Å²) in [7, 11) is -7.42. The van der Waals surface area contributed by atoms with E-state index in [0.717, 1.165) is 12.5 Å². The highest BCUT2D eigenvalue weighted by atomic mass is 32.3. The van der Waals surface area contributed by atoms with Gasteiger partial charge in [0.1, 0.15) is 0 Å². The van der Waals surface area contributed by atoms with Crippen LogP contribution in [-0.2, 0) is 20.0 Å². The summed E-state index contributed by atoms with van der Waals surface area (Å²) in [6.45, 7) is 3.03. The summed E-state index contributed by atoms with van der Waals surface area (Å²) in [5.41, 5.74) is 0. The van der Waals surface area contributed by atoms with Crippen LogP contribution in [0.5, 0.6) is 0 Å². The Labute approximate surface area is 72.8 Å². The van der Waals surface area contributed by atoms with Crippen molar-refractivity contribution in [3.05, 3.63) is 12.7 Å². The zero-order valence-electron chi connectivity index (χ0n) is 6.89. The largest absolute Gasteiger partial charge is 0.224 e. The molecule has 0 saturated heterocycles. The summed E-state index contributed by atoms with van der Waals surface area (Å²) in [4.78, 5) is 0. The van der Waals surface area contributed by atoms with Crippen molar-refractivity contribution in [1.82, 2.24) is 3.71 Å². The zero-order valence-corrected chi connectivity index (χ0v) is 8.52. The molecule has 12 heavy (non-hydrogen) atoms. The Hall–Kier alpha value is -0.400. The molecule has 0 aliphatic rings. The van der Waals surface area contributed by atoms with Crippen molar-refractivity contribution >= 4 is 20.0 Å². The normalized spacial score (nSPS) is 13.2. The highest BCUT2D eigenvalue weighted by molar-refractivity contribution is 8.03. The predicted octanol–water partition coefficient (Wildman–Crippen LogP) is -0.606. The molecule has 0 fully saturated rings. The lowest BCUT2D eigenvalue weighted by Gasteiger charge is -2.14. The molecule has 0 N–H and O–H groups in total. The van der Waals surface area contributed by atoms with Gasteiger partial charge >= 0.3 is 0 Å². The van der Waals surface area contributed by atoms with E-state index in [4.69, 9.17) is 0 Å². The van der Waals surface area contributed by atoms with Gasteiger partial charge in [0, 0.05) is 6.54 Å². The Bertz CT molecular complexity index is 321. The van der Waals surface area contributed by atoms with Gasteiger partial charge in [-0.3, -0.25) is 0 Å². The molecule has 0 saturated carbocycles. The third kappa shape index (κ3) is 3.33. The molecule has 0 aromatic heterocycles. The summed E-state index contributed by atoms with van der Waals surface area (Å²) in [5, 5.41) is 0. The van der Waals surface area contributed by atoms with E-state index in [9.17, 15) is 16.8 Å². The minimum atomic E-state index is -3.71. The first kappa shape index (κ1) is 11.6. The molecule has 0 atom stereocenters. The first-order valence-electron chi connectivity index (χ1n) is 2.98. The van der Waals surface area contributed by atoms with Crippen molar-refractivity contribution < 1.29 is 16.8 Å². The average molecular weight is 213 g/mol. The lowest BCUT2D eigenvalue weighted by Crippen LogP contribution is -2.35. The van der Waals surface area contributed by atoms with Crippen LogP contribution in [0, 0.1) is 0 Å². The Morgan fingerprint density at radius 3 is 1.58 bits per heavy atom. The second kappa shape index (κ2) is 3.55. The molecule has 0 spiro atoms. The number of sulfonamides is 2. The molecule has 0 aromatic rings. The molecule has 0 aliphatic heterocycles. The van der Waals surface area contributed by atoms with Crippen LogP contribution in [0.4, 0.5) is 0 Å². The summed E-state index contributed by atoms with van der Waals surface area (Å²) < 4.78 is 43.9. The Morgan fingerprint density at radius 1 is 1.17 bits per heavy atom. The SMILES string of the molecule is C=CCN(S(C)(=O)=O)S(C)(=O)=O. The maximum atomic E-state index is 10.9. The summed E-state index contributed by atoms with van der Waals surface area (Å²) >= 11 is 0. The molecule has 7 heteroatoms. The molecule has 72 valence electrons. The molecule has 0 radical (unpaired) electrons. The van der Waals surface area contributed by atoms with Crippen LogP contribution in [-0.4, -0.2) is 39.6 Å². The van der Waals surface area contributed by atoms with E-state index >= 15 is 0 Å². The van der Waals surface area contributed by atoms with Crippen LogP contribution in [0.15, 0.2) is 12.7 Å². The second-order valence-electron chi connectivity index (χ2n) is 2.27. The number of hydrogen-bond donors (Lipinski definition) is 0. The summed E-state index contributed by atoms with van der Waals surface area (Å²) in [6.07, 6.45) is 2.87. The molecule has 0 amide bonds. The van der Waals surface area contributed by atoms with Gasteiger partial charge in [-0.25, -0.2) is 16.8 Å². The second-order valence-corrected chi connectivity index (χ2v) is 6.31. The fourth-order valence-corrected chi connectivity index (χ4v) is 3.34. The van der Waals surface area contributed by atoms with E-state index < -0.39 is 20.0 Å². The van der Waals surface area contributed by atoms with E-state index in [-0.39, 0.29) is 6.54 Å². The molecular formula is C5H11NO4S2.